The van der Waals surface area contributed by atoms with Crippen molar-refractivity contribution in [1.29, 1.82) is 0 Å². The molecule has 19 heavy (non-hydrogen) atoms. The first-order chi connectivity index (χ1) is 8.94. The van der Waals surface area contributed by atoms with Gasteiger partial charge in [0.05, 0.1) is 18.8 Å². The predicted octanol–water partition coefficient (Wildman–Crippen LogP) is 2.46. The molecule has 2 atom stereocenters. The van der Waals surface area contributed by atoms with Crippen LogP contribution in [-0.2, 0) is 23.8 Å². The number of hydrogen-bond acceptors (Lipinski definition) is 5. The van der Waals surface area contributed by atoms with E-state index in [0.29, 0.717) is 0 Å². The second-order valence-corrected chi connectivity index (χ2v) is 4.49. The van der Waals surface area contributed by atoms with E-state index >= 15 is 0 Å². The minimum Gasteiger partial charge on any atom is -0.466 e. The first-order valence-electron chi connectivity index (χ1n) is 6.93. The minimum absolute atomic E-state index is 0.0970. The van der Waals surface area contributed by atoms with E-state index in [1.807, 2.05) is 27.7 Å². The molecule has 0 fully saturated rings. The van der Waals surface area contributed by atoms with Crippen molar-refractivity contribution >= 4 is 11.8 Å². The van der Waals surface area contributed by atoms with Crippen LogP contribution < -0.4 is 0 Å². The number of ether oxygens (including phenoxy) is 3. The van der Waals surface area contributed by atoms with Crippen molar-refractivity contribution in [2.45, 2.75) is 72.4 Å². The lowest BCUT2D eigenvalue weighted by Crippen LogP contribution is -2.35. The van der Waals surface area contributed by atoms with Gasteiger partial charge in [-0.05, 0) is 33.6 Å². The van der Waals surface area contributed by atoms with Crippen LogP contribution in [0.5, 0.6) is 0 Å². The van der Waals surface area contributed by atoms with Gasteiger partial charge < -0.3 is 14.2 Å². The molecule has 5 nitrogen and oxygen atoms in total. The van der Waals surface area contributed by atoms with E-state index in [4.69, 9.17) is 14.2 Å². The monoisotopic (exact) mass is 274 g/mol. The summed E-state index contributed by atoms with van der Waals surface area (Å²) in [6.45, 7) is 9.61. The molecule has 0 aliphatic heterocycles. The first kappa shape index (κ1) is 18.1. The molecule has 0 radical (unpaired) electrons. The van der Waals surface area contributed by atoms with Gasteiger partial charge in [-0.15, -0.1) is 0 Å². The van der Waals surface area contributed by atoms with Gasteiger partial charge >= 0.3 is 5.97 Å². The standard InChI is InChI=1S/C14H26O5/c1-6-10(4)18-14(19-11(5)7-2)12(15)9-13(16)17-8-3/h10-11,14H,6-9H2,1-5H3. The zero-order valence-corrected chi connectivity index (χ0v) is 12.6. The molecule has 0 aromatic carbocycles. The molecule has 0 amide bonds. The Morgan fingerprint density at radius 2 is 1.42 bits per heavy atom. The van der Waals surface area contributed by atoms with Crippen LogP contribution in [0.2, 0.25) is 0 Å². The summed E-state index contributed by atoms with van der Waals surface area (Å²) in [4.78, 5) is 23.3. The Labute approximate surface area is 115 Å². The molecule has 0 aliphatic carbocycles. The summed E-state index contributed by atoms with van der Waals surface area (Å²) < 4.78 is 15.8. The third-order valence-corrected chi connectivity index (χ3v) is 2.75. The maximum absolute atomic E-state index is 12.0. The van der Waals surface area contributed by atoms with Crippen molar-refractivity contribution in [1.82, 2.24) is 0 Å². The molecule has 0 heterocycles. The van der Waals surface area contributed by atoms with Gasteiger partial charge in [-0.25, -0.2) is 0 Å². The molecule has 0 N–H and O–H groups in total. The van der Waals surface area contributed by atoms with Crippen LogP contribution in [0.15, 0.2) is 0 Å². The van der Waals surface area contributed by atoms with Gasteiger partial charge in [-0.2, -0.15) is 0 Å². The summed E-state index contributed by atoms with van der Waals surface area (Å²) in [6.07, 6.45) is 0.0422. The van der Waals surface area contributed by atoms with E-state index in [-0.39, 0.29) is 31.0 Å². The van der Waals surface area contributed by atoms with Gasteiger partial charge in [0.15, 0.2) is 5.78 Å². The lowest BCUT2D eigenvalue weighted by molar-refractivity contribution is -0.196. The number of rotatable bonds is 10. The average Bonchev–Trinajstić information content (AvgIpc) is 2.37. The molecule has 0 aromatic heterocycles. The van der Waals surface area contributed by atoms with Crippen molar-refractivity contribution in [2.24, 2.45) is 0 Å². The van der Waals surface area contributed by atoms with Gasteiger partial charge in [0, 0.05) is 0 Å². The zero-order chi connectivity index (χ0) is 14.8. The van der Waals surface area contributed by atoms with E-state index in [2.05, 4.69) is 0 Å². The third-order valence-electron chi connectivity index (χ3n) is 2.75. The van der Waals surface area contributed by atoms with E-state index in [1.165, 1.54) is 0 Å². The largest absolute Gasteiger partial charge is 0.466 e. The lowest BCUT2D eigenvalue weighted by Gasteiger charge is -2.23. The highest BCUT2D eigenvalue weighted by Gasteiger charge is 2.26. The van der Waals surface area contributed by atoms with Crippen LogP contribution in [0.3, 0.4) is 0 Å². The number of hydrogen-bond donors (Lipinski definition) is 0. The fourth-order valence-electron chi connectivity index (χ4n) is 1.24. The van der Waals surface area contributed by atoms with Crippen LogP contribution in [0.1, 0.15) is 53.9 Å². The number of esters is 1. The van der Waals surface area contributed by atoms with E-state index in [1.54, 1.807) is 6.92 Å². The number of carbonyl (C=O) groups excluding carboxylic acids is 2. The molecule has 0 spiro atoms. The molecule has 0 aromatic rings. The summed E-state index contributed by atoms with van der Waals surface area (Å²) in [5.41, 5.74) is 0. The van der Waals surface area contributed by atoms with Gasteiger partial charge in [-0.1, -0.05) is 13.8 Å². The van der Waals surface area contributed by atoms with Crippen molar-refractivity contribution in [2.75, 3.05) is 6.61 Å². The second-order valence-electron chi connectivity index (χ2n) is 4.49. The Balaban J connectivity index is 4.52. The molecular formula is C14H26O5. The zero-order valence-electron chi connectivity index (χ0n) is 12.6. The fourth-order valence-corrected chi connectivity index (χ4v) is 1.24. The molecular weight excluding hydrogens is 248 g/mol. The lowest BCUT2D eigenvalue weighted by atomic mass is 10.2. The third kappa shape index (κ3) is 7.95. The predicted molar refractivity (Wildman–Crippen MR) is 71.7 cm³/mol. The fraction of sp³-hybridized carbons (Fsp3) is 0.857. The quantitative estimate of drug-likeness (QED) is 0.348. The molecule has 2 unspecified atom stereocenters. The maximum atomic E-state index is 12.0. The Morgan fingerprint density at radius 1 is 0.947 bits per heavy atom. The van der Waals surface area contributed by atoms with Crippen LogP contribution in [0.25, 0.3) is 0 Å². The molecule has 0 saturated carbocycles. The Kier molecular flexibility index (Phi) is 9.43. The highest BCUT2D eigenvalue weighted by Crippen LogP contribution is 2.11. The van der Waals surface area contributed by atoms with E-state index in [9.17, 15) is 9.59 Å². The summed E-state index contributed by atoms with van der Waals surface area (Å²) in [5.74, 6) is -0.933. The SMILES string of the molecule is CCOC(=O)CC(=O)C(OC(C)CC)OC(C)CC. The number of carbonyl (C=O) groups is 2. The normalized spacial score (nSPS) is 15.6. The van der Waals surface area contributed by atoms with Gasteiger partial charge in [0.2, 0.25) is 6.29 Å². The summed E-state index contributed by atoms with van der Waals surface area (Å²) in [5, 5.41) is 0. The van der Waals surface area contributed by atoms with E-state index < -0.39 is 12.3 Å². The highest BCUT2D eigenvalue weighted by atomic mass is 16.7. The van der Waals surface area contributed by atoms with Crippen LogP contribution in [0.4, 0.5) is 0 Å². The molecule has 5 heteroatoms. The first-order valence-corrected chi connectivity index (χ1v) is 6.93. The van der Waals surface area contributed by atoms with Gasteiger partial charge in [-0.3, -0.25) is 9.59 Å². The van der Waals surface area contributed by atoms with Crippen molar-refractivity contribution < 1.29 is 23.8 Å². The summed E-state index contributed by atoms with van der Waals surface area (Å²) in [7, 11) is 0. The Hall–Kier alpha value is -0.940. The average molecular weight is 274 g/mol. The van der Waals surface area contributed by atoms with Crippen LogP contribution >= 0.6 is 0 Å². The number of ketones is 1. The van der Waals surface area contributed by atoms with Crippen molar-refractivity contribution in [3.8, 4) is 0 Å². The molecule has 0 rings (SSSR count). The smallest absolute Gasteiger partial charge is 0.313 e. The number of Topliss-reactive ketones (excluding diaryl/α,β-unsaturated/α-hetero) is 1. The van der Waals surface area contributed by atoms with Crippen molar-refractivity contribution in [3.05, 3.63) is 0 Å². The Bertz CT molecular complexity index is 265. The summed E-state index contributed by atoms with van der Waals surface area (Å²) in [6, 6.07) is 0. The maximum Gasteiger partial charge on any atom is 0.313 e. The summed E-state index contributed by atoms with van der Waals surface area (Å²) >= 11 is 0. The van der Waals surface area contributed by atoms with E-state index in [0.717, 1.165) is 12.8 Å². The van der Waals surface area contributed by atoms with Gasteiger partial charge in [0.1, 0.15) is 6.42 Å². The van der Waals surface area contributed by atoms with Crippen LogP contribution in [0, 0.1) is 0 Å². The molecule has 112 valence electrons. The molecule has 0 saturated heterocycles. The topological polar surface area (TPSA) is 61.8 Å². The van der Waals surface area contributed by atoms with Gasteiger partial charge in [0.25, 0.3) is 0 Å². The van der Waals surface area contributed by atoms with Crippen LogP contribution in [-0.4, -0.2) is 36.9 Å². The Morgan fingerprint density at radius 3 is 1.79 bits per heavy atom. The highest BCUT2D eigenvalue weighted by molar-refractivity contribution is 5.97. The minimum atomic E-state index is -0.991. The molecule has 0 aliphatic rings. The van der Waals surface area contributed by atoms with Crippen molar-refractivity contribution in [3.63, 3.8) is 0 Å². The molecule has 0 bridgehead atoms. The second kappa shape index (κ2) is 9.92.